The van der Waals surface area contributed by atoms with Gasteiger partial charge in [-0.1, -0.05) is 41.4 Å². The van der Waals surface area contributed by atoms with Crippen LogP contribution in [0.4, 0.5) is 0 Å². The number of hydrogen-bond donors (Lipinski definition) is 0. The van der Waals surface area contributed by atoms with Gasteiger partial charge in [-0.3, -0.25) is 0 Å². The highest BCUT2D eigenvalue weighted by atomic mass is 35.5. The quantitative estimate of drug-likeness (QED) is 0.619. The van der Waals surface area contributed by atoms with Crippen molar-refractivity contribution in [2.45, 2.75) is 17.9 Å². The minimum absolute atomic E-state index is 0.0798. The van der Waals surface area contributed by atoms with Crippen molar-refractivity contribution in [3.05, 3.63) is 57.5 Å². The van der Waals surface area contributed by atoms with Crippen LogP contribution in [0.15, 0.2) is 47.4 Å². The molecule has 3 aromatic rings. The molecule has 1 atom stereocenters. The summed E-state index contributed by atoms with van der Waals surface area (Å²) in [6, 6.07) is 11.9. The summed E-state index contributed by atoms with van der Waals surface area (Å²) in [5.74, 6) is 0. The number of fused-ring (bicyclic) bond motifs is 1. The Hall–Kier alpha value is -1.18. The van der Waals surface area contributed by atoms with E-state index in [0.29, 0.717) is 5.01 Å². The van der Waals surface area contributed by atoms with E-state index < -0.39 is 16.1 Å². The molecule has 0 saturated carbocycles. The summed E-state index contributed by atoms with van der Waals surface area (Å²) in [4.78, 5) is 4.45. The van der Waals surface area contributed by atoms with Crippen molar-refractivity contribution in [2.75, 3.05) is 7.05 Å². The third-order valence-corrected chi connectivity index (χ3v) is 7.86. The van der Waals surface area contributed by atoms with Gasteiger partial charge in [0.25, 0.3) is 0 Å². The number of hydrogen-bond acceptors (Lipinski definition) is 4. The standard InChI is InChI=1S/C16H14Cl2N2O2S2/c1-10(16-19-13-8-3-4-9-14(13)23-16)20(2)24(21,22)15-11(17)6-5-7-12(15)18/h3-10H,1-2H3/t10-/m1/s1. The van der Waals surface area contributed by atoms with Gasteiger partial charge in [-0.15, -0.1) is 11.3 Å². The smallest absolute Gasteiger partial charge is 0.239 e. The van der Waals surface area contributed by atoms with Crippen molar-refractivity contribution in [1.29, 1.82) is 0 Å². The van der Waals surface area contributed by atoms with Gasteiger partial charge >= 0.3 is 0 Å². The average Bonchev–Trinajstić information content (AvgIpc) is 2.97. The topological polar surface area (TPSA) is 50.3 Å². The van der Waals surface area contributed by atoms with E-state index in [0.717, 1.165) is 10.2 Å². The lowest BCUT2D eigenvalue weighted by atomic mass is 10.3. The number of nitrogens with zero attached hydrogens (tertiary/aromatic N) is 2. The summed E-state index contributed by atoms with van der Waals surface area (Å²) in [6.07, 6.45) is 0. The van der Waals surface area contributed by atoms with Crippen LogP contribution in [-0.2, 0) is 10.0 Å². The van der Waals surface area contributed by atoms with Gasteiger partial charge in [0.1, 0.15) is 9.90 Å². The summed E-state index contributed by atoms with van der Waals surface area (Å²) in [7, 11) is -2.34. The molecular formula is C16H14Cl2N2O2S2. The Balaban J connectivity index is 2.02. The van der Waals surface area contributed by atoms with Gasteiger partial charge in [0, 0.05) is 7.05 Å². The summed E-state index contributed by atoms with van der Waals surface area (Å²) in [6.45, 7) is 1.79. The van der Waals surface area contributed by atoms with E-state index in [1.54, 1.807) is 13.0 Å². The molecule has 0 aliphatic rings. The summed E-state index contributed by atoms with van der Waals surface area (Å²) < 4.78 is 28.1. The van der Waals surface area contributed by atoms with Crippen LogP contribution in [0.1, 0.15) is 18.0 Å². The number of aromatic nitrogens is 1. The minimum Gasteiger partial charge on any atom is -0.239 e. The molecule has 0 aliphatic heterocycles. The van der Waals surface area contributed by atoms with Crippen LogP contribution in [0.3, 0.4) is 0 Å². The third kappa shape index (κ3) is 3.05. The van der Waals surface area contributed by atoms with Gasteiger partial charge in [-0.05, 0) is 31.2 Å². The van der Waals surface area contributed by atoms with E-state index in [2.05, 4.69) is 4.98 Å². The Morgan fingerprint density at radius 2 is 1.71 bits per heavy atom. The molecule has 0 bridgehead atoms. The van der Waals surface area contributed by atoms with Crippen molar-refractivity contribution >= 4 is 54.8 Å². The van der Waals surface area contributed by atoms with Gasteiger partial charge in [0.05, 0.1) is 26.3 Å². The number of halogens is 2. The molecule has 0 spiro atoms. The molecule has 1 heterocycles. The van der Waals surface area contributed by atoms with Crippen molar-refractivity contribution in [2.24, 2.45) is 0 Å². The number of sulfonamides is 1. The Kier molecular flexibility index (Phi) is 4.86. The number of rotatable bonds is 4. The maximum atomic E-state index is 12.9. The van der Waals surface area contributed by atoms with Gasteiger partial charge in [0.2, 0.25) is 10.0 Å². The van der Waals surface area contributed by atoms with E-state index in [9.17, 15) is 8.42 Å². The highest BCUT2D eigenvalue weighted by Crippen LogP contribution is 2.36. The summed E-state index contributed by atoms with van der Waals surface area (Å²) >= 11 is 13.6. The monoisotopic (exact) mass is 400 g/mol. The molecule has 3 rings (SSSR count). The largest absolute Gasteiger partial charge is 0.246 e. The van der Waals surface area contributed by atoms with Gasteiger partial charge < -0.3 is 0 Å². The molecule has 126 valence electrons. The lowest BCUT2D eigenvalue weighted by Gasteiger charge is -2.23. The Bertz CT molecular complexity index is 949. The van der Waals surface area contributed by atoms with E-state index >= 15 is 0 Å². The van der Waals surface area contributed by atoms with E-state index in [1.807, 2.05) is 24.3 Å². The van der Waals surface area contributed by atoms with Gasteiger partial charge in [0.15, 0.2) is 0 Å². The predicted octanol–water partition coefficient (Wildman–Crippen LogP) is 4.98. The second kappa shape index (κ2) is 6.61. The Morgan fingerprint density at radius 1 is 1.08 bits per heavy atom. The van der Waals surface area contributed by atoms with Crippen LogP contribution in [0.5, 0.6) is 0 Å². The van der Waals surface area contributed by atoms with Crippen molar-refractivity contribution in [1.82, 2.24) is 9.29 Å². The first-order chi connectivity index (χ1) is 11.3. The molecule has 1 aromatic heterocycles. The molecule has 0 amide bonds. The molecule has 24 heavy (non-hydrogen) atoms. The molecule has 0 radical (unpaired) electrons. The number of benzene rings is 2. The zero-order chi connectivity index (χ0) is 17.5. The van der Waals surface area contributed by atoms with Crippen molar-refractivity contribution < 1.29 is 8.42 Å². The molecular weight excluding hydrogens is 387 g/mol. The highest BCUT2D eigenvalue weighted by molar-refractivity contribution is 7.89. The first-order valence-electron chi connectivity index (χ1n) is 7.10. The van der Waals surface area contributed by atoms with E-state index in [4.69, 9.17) is 23.2 Å². The SMILES string of the molecule is C[C@H](c1nc2ccccc2s1)N(C)S(=O)(=O)c1c(Cl)cccc1Cl. The third-order valence-electron chi connectivity index (χ3n) is 3.77. The maximum Gasteiger partial charge on any atom is 0.246 e. The van der Waals surface area contributed by atoms with Crippen molar-refractivity contribution in [3.63, 3.8) is 0 Å². The Labute approximate surface area is 154 Å². The Morgan fingerprint density at radius 3 is 2.33 bits per heavy atom. The predicted molar refractivity (Wildman–Crippen MR) is 99.4 cm³/mol. The summed E-state index contributed by atoms with van der Waals surface area (Å²) in [5.41, 5.74) is 0.853. The van der Waals surface area contributed by atoms with Crippen LogP contribution in [0.2, 0.25) is 10.0 Å². The molecule has 2 aromatic carbocycles. The first kappa shape index (κ1) is 17.6. The molecule has 0 unspecified atom stereocenters. The lowest BCUT2D eigenvalue weighted by molar-refractivity contribution is 0.398. The minimum atomic E-state index is -3.85. The molecule has 8 heteroatoms. The summed E-state index contributed by atoms with van der Waals surface area (Å²) in [5, 5.41) is 0.919. The van der Waals surface area contributed by atoms with Crippen LogP contribution < -0.4 is 0 Å². The maximum absolute atomic E-state index is 12.9. The van der Waals surface area contributed by atoms with E-state index in [-0.39, 0.29) is 14.9 Å². The van der Waals surface area contributed by atoms with Crippen LogP contribution in [0.25, 0.3) is 10.2 Å². The normalized spacial score (nSPS) is 13.5. The van der Waals surface area contributed by atoms with Gasteiger partial charge in [-0.2, -0.15) is 4.31 Å². The second-order valence-electron chi connectivity index (χ2n) is 5.27. The van der Waals surface area contributed by atoms with Crippen LogP contribution >= 0.6 is 34.5 Å². The lowest BCUT2D eigenvalue weighted by Crippen LogP contribution is -2.30. The molecule has 0 saturated heterocycles. The fourth-order valence-electron chi connectivity index (χ4n) is 2.31. The zero-order valence-electron chi connectivity index (χ0n) is 12.9. The average molecular weight is 401 g/mol. The number of thiazole rings is 1. The van der Waals surface area contributed by atoms with Crippen LogP contribution in [-0.4, -0.2) is 24.8 Å². The van der Waals surface area contributed by atoms with E-state index in [1.165, 1.54) is 34.8 Å². The van der Waals surface area contributed by atoms with Crippen LogP contribution in [0, 0.1) is 0 Å². The fourth-order valence-corrected chi connectivity index (χ4v) is 5.85. The number of para-hydroxylation sites is 1. The second-order valence-corrected chi connectivity index (χ2v) is 9.08. The molecule has 4 nitrogen and oxygen atoms in total. The highest BCUT2D eigenvalue weighted by Gasteiger charge is 2.31. The molecule has 0 N–H and O–H groups in total. The zero-order valence-corrected chi connectivity index (χ0v) is 16.0. The molecule has 0 aliphatic carbocycles. The molecule has 0 fully saturated rings. The van der Waals surface area contributed by atoms with Crippen molar-refractivity contribution in [3.8, 4) is 0 Å². The van der Waals surface area contributed by atoms with Gasteiger partial charge in [-0.25, -0.2) is 13.4 Å². The first-order valence-corrected chi connectivity index (χ1v) is 10.1. The fraction of sp³-hybridized carbons (Fsp3) is 0.188.